The van der Waals surface area contributed by atoms with E-state index in [0.29, 0.717) is 13.0 Å². The number of amides is 2. The van der Waals surface area contributed by atoms with Crippen LogP contribution in [0.1, 0.15) is 23.3 Å². The molecular weight excluding hydrogens is 234 g/mol. The number of likely N-dealkylation sites (tertiary alicyclic amines) is 1. The van der Waals surface area contributed by atoms with Gasteiger partial charge in [-0.05, 0) is 18.9 Å². The van der Waals surface area contributed by atoms with E-state index in [-0.39, 0.29) is 23.1 Å². The number of aromatic nitrogens is 1. The first-order valence-corrected chi connectivity index (χ1v) is 5.85. The van der Waals surface area contributed by atoms with Crippen molar-refractivity contribution >= 4 is 11.8 Å². The van der Waals surface area contributed by atoms with E-state index in [2.05, 4.69) is 10.3 Å². The van der Waals surface area contributed by atoms with Gasteiger partial charge in [-0.3, -0.25) is 14.4 Å². The molecule has 2 amide bonds. The van der Waals surface area contributed by atoms with Crippen LogP contribution in [0.2, 0.25) is 0 Å². The third kappa shape index (κ3) is 2.27. The van der Waals surface area contributed by atoms with Gasteiger partial charge in [-0.2, -0.15) is 0 Å². The van der Waals surface area contributed by atoms with Crippen LogP contribution in [0.3, 0.4) is 0 Å². The van der Waals surface area contributed by atoms with Crippen molar-refractivity contribution in [2.24, 2.45) is 0 Å². The molecule has 0 bridgehead atoms. The minimum atomic E-state index is -0.439. The molecule has 2 N–H and O–H groups in total. The molecule has 96 valence electrons. The fourth-order valence-corrected chi connectivity index (χ4v) is 2.18. The van der Waals surface area contributed by atoms with Crippen LogP contribution in [0.25, 0.3) is 0 Å². The molecule has 0 radical (unpaired) electrons. The van der Waals surface area contributed by atoms with Gasteiger partial charge in [-0.25, -0.2) is 0 Å². The quantitative estimate of drug-likeness (QED) is 0.756. The Morgan fingerprint density at radius 1 is 1.44 bits per heavy atom. The zero-order valence-electron chi connectivity index (χ0n) is 10.1. The van der Waals surface area contributed by atoms with Gasteiger partial charge in [0.25, 0.3) is 5.91 Å². The standard InChI is InChI=1S/C12H15N3O3/c1-13-11(17)9-5-3-7-15(9)12(18)8-4-2-6-10(16)14-8/h2,4,6,9H,3,5,7H2,1H3,(H,13,17)(H,14,16). The van der Waals surface area contributed by atoms with Crippen molar-refractivity contribution in [2.75, 3.05) is 13.6 Å². The largest absolute Gasteiger partial charge is 0.357 e. The van der Waals surface area contributed by atoms with Gasteiger partial charge in [0.1, 0.15) is 11.7 Å². The summed E-state index contributed by atoms with van der Waals surface area (Å²) >= 11 is 0. The Balaban J connectivity index is 2.23. The van der Waals surface area contributed by atoms with E-state index in [4.69, 9.17) is 0 Å². The molecule has 2 rings (SSSR count). The maximum atomic E-state index is 12.2. The third-order valence-electron chi connectivity index (χ3n) is 3.06. The second kappa shape index (κ2) is 5.03. The maximum Gasteiger partial charge on any atom is 0.271 e. The summed E-state index contributed by atoms with van der Waals surface area (Å²) in [5, 5.41) is 2.55. The number of nitrogens with one attached hydrogen (secondary N) is 2. The van der Waals surface area contributed by atoms with Crippen molar-refractivity contribution in [3.8, 4) is 0 Å². The molecular formula is C12H15N3O3. The highest BCUT2D eigenvalue weighted by molar-refractivity contribution is 5.96. The Kier molecular flexibility index (Phi) is 3.45. The van der Waals surface area contributed by atoms with Crippen molar-refractivity contribution in [2.45, 2.75) is 18.9 Å². The van der Waals surface area contributed by atoms with Crippen LogP contribution in [0.4, 0.5) is 0 Å². The molecule has 2 heterocycles. The number of hydrogen-bond donors (Lipinski definition) is 2. The summed E-state index contributed by atoms with van der Waals surface area (Å²) in [6.07, 6.45) is 1.45. The molecule has 1 aliphatic heterocycles. The number of pyridine rings is 1. The Morgan fingerprint density at radius 2 is 2.22 bits per heavy atom. The van der Waals surface area contributed by atoms with Crippen molar-refractivity contribution in [3.05, 3.63) is 34.2 Å². The summed E-state index contributed by atoms with van der Waals surface area (Å²) in [6, 6.07) is 3.97. The first kappa shape index (κ1) is 12.3. The minimum Gasteiger partial charge on any atom is -0.357 e. The van der Waals surface area contributed by atoms with Crippen LogP contribution in [-0.4, -0.2) is 41.3 Å². The van der Waals surface area contributed by atoms with Gasteiger partial charge in [0, 0.05) is 19.7 Å². The minimum absolute atomic E-state index is 0.167. The number of H-pyrrole nitrogens is 1. The topological polar surface area (TPSA) is 82.3 Å². The second-order valence-corrected chi connectivity index (χ2v) is 4.20. The van der Waals surface area contributed by atoms with Gasteiger partial charge in [-0.15, -0.1) is 0 Å². The van der Waals surface area contributed by atoms with Crippen LogP contribution >= 0.6 is 0 Å². The predicted molar refractivity (Wildman–Crippen MR) is 65.2 cm³/mol. The monoisotopic (exact) mass is 249 g/mol. The number of rotatable bonds is 2. The lowest BCUT2D eigenvalue weighted by Gasteiger charge is -2.23. The highest BCUT2D eigenvalue weighted by Gasteiger charge is 2.34. The average molecular weight is 249 g/mol. The van der Waals surface area contributed by atoms with Gasteiger partial charge in [0.15, 0.2) is 0 Å². The molecule has 0 aromatic carbocycles. The van der Waals surface area contributed by atoms with Crippen molar-refractivity contribution in [3.63, 3.8) is 0 Å². The van der Waals surface area contributed by atoms with Crippen molar-refractivity contribution in [1.82, 2.24) is 15.2 Å². The van der Waals surface area contributed by atoms with Crippen LogP contribution in [0.15, 0.2) is 23.0 Å². The summed E-state index contributed by atoms with van der Waals surface area (Å²) in [6.45, 7) is 0.536. The predicted octanol–water partition coefficient (Wildman–Crippen LogP) is -0.275. The summed E-state index contributed by atoms with van der Waals surface area (Å²) in [7, 11) is 1.55. The van der Waals surface area contributed by atoms with Crippen molar-refractivity contribution < 1.29 is 9.59 Å². The number of carbonyl (C=O) groups excluding carboxylic acids is 2. The normalized spacial score (nSPS) is 18.7. The van der Waals surface area contributed by atoms with Crippen molar-refractivity contribution in [1.29, 1.82) is 0 Å². The second-order valence-electron chi connectivity index (χ2n) is 4.20. The Labute approximate surface area is 104 Å². The summed E-state index contributed by atoms with van der Waals surface area (Å²) < 4.78 is 0. The molecule has 6 heteroatoms. The molecule has 1 saturated heterocycles. The molecule has 1 fully saturated rings. The molecule has 1 aromatic rings. The molecule has 1 unspecified atom stereocenters. The van der Waals surface area contributed by atoms with Crippen LogP contribution in [-0.2, 0) is 4.79 Å². The third-order valence-corrected chi connectivity index (χ3v) is 3.06. The summed E-state index contributed by atoms with van der Waals surface area (Å²) in [4.78, 5) is 39.0. The molecule has 18 heavy (non-hydrogen) atoms. The van der Waals surface area contributed by atoms with Gasteiger partial charge in [0.2, 0.25) is 11.5 Å². The summed E-state index contributed by atoms with van der Waals surface area (Å²) in [5.41, 5.74) is -0.102. The molecule has 1 atom stereocenters. The van der Waals surface area contributed by atoms with Crippen LogP contribution in [0, 0.1) is 0 Å². The van der Waals surface area contributed by atoms with E-state index in [1.54, 1.807) is 13.1 Å². The molecule has 1 aliphatic rings. The first-order valence-electron chi connectivity index (χ1n) is 5.85. The molecule has 6 nitrogen and oxygen atoms in total. The highest BCUT2D eigenvalue weighted by Crippen LogP contribution is 2.19. The van der Waals surface area contributed by atoms with E-state index < -0.39 is 6.04 Å². The molecule has 0 aliphatic carbocycles. The molecule has 0 spiro atoms. The molecule has 1 aromatic heterocycles. The van der Waals surface area contributed by atoms with E-state index in [9.17, 15) is 14.4 Å². The van der Waals surface area contributed by atoms with E-state index >= 15 is 0 Å². The number of likely N-dealkylation sites (N-methyl/N-ethyl adjacent to an activating group) is 1. The SMILES string of the molecule is CNC(=O)C1CCCN1C(=O)c1cccc(=O)[nH]1. The Morgan fingerprint density at radius 3 is 2.89 bits per heavy atom. The zero-order chi connectivity index (χ0) is 13.1. The van der Waals surface area contributed by atoms with Crippen LogP contribution in [0.5, 0.6) is 0 Å². The van der Waals surface area contributed by atoms with E-state index in [0.717, 1.165) is 6.42 Å². The fraction of sp³-hybridized carbons (Fsp3) is 0.417. The number of aromatic amines is 1. The van der Waals surface area contributed by atoms with Gasteiger partial charge in [0.05, 0.1) is 0 Å². The number of carbonyl (C=O) groups is 2. The maximum absolute atomic E-state index is 12.2. The van der Waals surface area contributed by atoms with Crippen LogP contribution < -0.4 is 10.9 Å². The van der Waals surface area contributed by atoms with E-state index in [1.165, 1.54) is 17.0 Å². The fourth-order valence-electron chi connectivity index (χ4n) is 2.18. The Bertz CT molecular complexity index is 523. The number of nitrogens with zero attached hydrogens (tertiary/aromatic N) is 1. The number of hydrogen-bond acceptors (Lipinski definition) is 3. The highest BCUT2D eigenvalue weighted by atomic mass is 16.2. The van der Waals surface area contributed by atoms with E-state index in [1.807, 2.05) is 0 Å². The lowest BCUT2D eigenvalue weighted by Crippen LogP contribution is -2.45. The smallest absolute Gasteiger partial charge is 0.271 e. The summed E-state index contributed by atoms with van der Waals surface area (Å²) in [5.74, 6) is -0.474. The van der Waals surface area contributed by atoms with Gasteiger partial charge >= 0.3 is 0 Å². The Hall–Kier alpha value is -2.11. The lowest BCUT2D eigenvalue weighted by molar-refractivity contribution is -0.124. The van der Waals surface area contributed by atoms with Gasteiger partial charge in [-0.1, -0.05) is 6.07 Å². The first-order chi connectivity index (χ1) is 8.63. The zero-order valence-corrected chi connectivity index (χ0v) is 10.1. The average Bonchev–Trinajstić information content (AvgIpc) is 2.86. The molecule has 0 saturated carbocycles. The van der Waals surface area contributed by atoms with Gasteiger partial charge < -0.3 is 15.2 Å². The lowest BCUT2D eigenvalue weighted by atomic mass is 10.2.